The molecule has 8 heteroatoms. The van der Waals surface area contributed by atoms with Gasteiger partial charge in [0.15, 0.2) is 0 Å². The number of hydrogen-bond acceptors (Lipinski definition) is 4. The second-order valence-corrected chi connectivity index (χ2v) is 8.66. The Morgan fingerprint density at radius 1 is 1.08 bits per heavy atom. The summed E-state index contributed by atoms with van der Waals surface area (Å²) in [6.07, 6.45) is 1.91. The Labute approximate surface area is 160 Å². The van der Waals surface area contributed by atoms with E-state index in [0.717, 1.165) is 22.9 Å². The van der Waals surface area contributed by atoms with Gasteiger partial charge in [0.25, 0.3) is 10.0 Å². The van der Waals surface area contributed by atoms with Crippen LogP contribution in [0.25, 0.3) is 0 Å². The van der Waals surface area contributed by atoms with Crippen LogP contribution >= 0.6 is 15.9 Å². The Balaban J connectivity index is 1.66. The fourth-order valence-electron chi connectivity index (χ4n) is 2.24. The summed E-state index contributed by atoms with van der Waals surface area (Å²) in [5, 5.41) is 6.83. The standard InChI is InChI=1S/C18H18BrN3O3S/c1-12(21-22-26(24,25)17-10-6-15(19)7-11-17)13-4-8-16(9-5-13)20-18(23)14-2-3-14/h4-11,14,22H,2-3H2,1H3,(H,20,23)/b21-12-. The van der Waals surface area contributed by atoms with Gasteiger partial charge in [-0.25, -0.2) is 0 Å². The molecule has 0 bridgehead atoms. The molecule has 3 rings (SSSR count). The largest absolute Gasteiger partial charge is 0.326 e. The highest BCUT2D eigenvalue weighted by atomic mass is 79.9. The van der Waals surface area contributed by atoms with Gasteiger partial charge >= 0.3 is 0 Å². The maximum atomic E-state index is 12.2. The van der Waals surface area contributed by atoms with Gasteiger partial charge < -0.3 is 5.32 Å². The summed E-state index contributed by atoms with van der Waals surface area (Å²) < 4.78 is 25.3. The normalized spacial score (nSPS) is 14.8. The van der Waals surface area contributed by atoms with Gasteiger partial charge in [-0.05, 0) is 61.7 Å². The summed E-state index contributed by atoms with van der Waals surface area (Å²) >= 11 is 3.27. The lowest BCUT2D eigenvalue weighted by molar-refractivity contribution is -0.117. The first-order valence-corrected chi connectivity index (χ1v) is 10.4. The topological polar surface area (TPSA) is 87.6 Å². The Hall–Kier alpha value is -2.19. The van der Waals surface area contributed by atoms with E-state index in [-0.39, 0.29) is 16.7 Å². The van der Waals surface area contributed by atoms with Crippen molar-refractivity contribution in [3.8, 4) is 0 Å². The van der Waals surface area contributed by atoms with E-state index < -0.39 is 10.0 Å². The number of halogens is 1. The van der Waals surface area contributed by atoms with Crippen molar-refractivity contribution in [1.82, 2.24) is 4.83 Å². The highest BCUT2D eigenvalue weighted by Gasteiger charge is 2.29. The molecule has 0 heterocycles. The molecule has 1 amide bonds. The molecule has 136 valence electrons. The van der Waals surface area contributed by atoms with Gasteiger partial charge in [-0.2, -0.15) is 18.4 Å². The minimum Gasteiger partial charge on any atom is -0.326 e. The average molecular weight is 436 g/mol. The Bertz CT molecular complexity index is 935. The summed E-state index contributed by atoms with van der Waals surface area (Å²) in [4.78, 5) is 14.1. The van der Waals surface area contributed by atoms with Crippen molar-refractivity contribution in [3.05, 3.63) is 58.6 Å². The van der Waals surface area contributed by atoms with E-state index in [1.165, 1.54) is 12.1 Å². The van der Waals surface area contributed by atoms with E-state index in [4.69, 9.17) is 0 Å². The van der Waals surface area contributed by atoms with Crippen LogP contribution in [0.5, 0.6) is 0 Å². The molecule has 1 saturated carbocycles. The number of hydrogen-bond donors (Lipinski definition) is 2. The molecule has 2 N–H and O–H groups in total. The molecule has 26 heavy (non-hydrogen) atoms. The summed E-state index contributed by atoms with van der Waals surface area (Å²) in [6.45, 7) is 1.71. The van der Waals surface area contributed by atoms with Crippen molar-refractivity contribution < 1.29 is 13.2 Å². The molecule has 1 aliphatic rings. The van der Waals surface area contributed by atoms with E-state index >= 15 is 0 Å². The molecular weight excluding hydrogens is 418 g/mol. The van der Waals surface area contributed by atoms with Crippen molar-refractivity contribution in [3.63, 3.8) is 0 Å². The van der Waals surface area contributed by atoms with Crippen molar-refractivity contribution in [1.29, 1.82) is 0 Å². The summed E-state index contributed by atoms with van der Waals surface area (Å²) in [5.41, 5.74) is 1.99. The molecular formula is C18H18BrN3O3S. The summed E-state index contributed by atoms with van der Waals surface area (Å²) in [6, 6.07) is 13.4. The van der Waals surface area contributed by atoms with E-state index in [1.54, 1.807) is 43.3 Å². The Morgan fingerprint density at radius 2 is 1.69 bits per heavy atom. The van der Waals surface area contributed by atoms with E-state index in [0.29, 0.717) is 11.4 Å². The van der Waals surface area contributed by atoms with Crippen molar-refractivity contribution >= 4 is 43.3 Å². The SMILES string of the molecule is C/C(=N/NS(=O)(=O)c1ccc(Br)cc1)c1ccc(NC(=O)C2CC2)cc1. The van der Waals surface area contributed by atoms with Crippen LogP contribution in [0.15, 0.2) is 63.0 Å². The maximum absolute atomic E-state index is 12.2. The summed E-state index contributed by atoms with van der Waals surface area (Å²) in [5.74, 6) is 0.191. The first-order chi connectivity index (χ1) is 12.3. The third-order valence-electron chi connectivity index (χ3n) is 3.98. The van der Waals surface area contributed by atoms with Crippen LogP contribution in [0.1, 0.15) is 25.3 Å². The number of amides is 1. The van der Waals surface area contributed by atoms with Gasteiger partial charge in [-0.1, -0.05) is 28.1 Å². The van der Waals surface area contributed by atoms with E-state index in [2.05, 4.69) is 31.2 Å². The van der Waals surface area contributed by atoms with Crippen LogP contribution < -0.4 is 10.1 Å². The predicted molar refractivity (Wildman–Crippen MR) is 104 cm³/mol. The molecule has 2 aromatic rings. The zero-order valence-corrected chi connectivity index (χ0v) is 16.5. The van der Waals surface area contributed by atoms with E-state index in [9.17, 15) is 13.2 Å². The van der Waals surface area contributed by atoms with Crippen molar-refractivity contribution in [2.75, 3.05) is 5.32 Å². The van der Waals surface area contributed by atoms with Crippen LogP contribution in [-0.2, 0) is 14.8 Å². The van der Waals surface area contributed by atoms with Gasteiger partial charge in [0.05, 0.1) is 10.6 Å². The van der Waals surface area contributed by atoms with Crippen molar-refractivity contribution in [2.45, 2.75) is 24.7 Å². The first kappa shape index (κ1) is 18.6. The predicted octanol–water partition coefficient (Wildman–Crippen LogP) is 3.50. The molecule has 6 nitrogen and oxygen atoms in total. The molecule has 1 aliphatic carbocycles. The number of nitrogens with one attached hydrogen (secondary N) is 2. The smallest absolute Gasteiger partial charge is 0.276 e. The quantitative estimate of drug-likeness (QED) is 0.537. The fourth-order valence-corrected chi connectivity index (χ4v) is 3.37. The highest BCUT2D eigenvalue weighted by Crippen LogP contribution is 2.30. The van der Waals surface area contributed by atoms with Crippen LogP contribution in [0, 0.1) is 5.92 Å². The van der Waals surface area contributed by atoms with Gasteiger partial charge in [0.2, 0.25) is 5.91 Å². The minimum atomic E-state index is -3.72. The second kappa shape index (κ2) is 7.59. The van der Waals surface area contributed by atoms with Gasteiger partial charge in [0.1, 0.15) is 0 Å². The third kappa shape index (κ3) is 4.70. The summed E-state index contributed by atoms with van der Waals surface area (Å²) in [7, 11) is -3.72. The lowest BCUT2D eigenvalue weighted by Crippen LogP contribution is -2.20. The Morgan fingerprint density at radius 3 is 2.27 bits per heavy atom. The number of sulfonamides is 1. The van der Waals surface area contributed by atoms with Crippen LogP contribution in [-0.4, -0.2) is 20.0 Å². The van der Waals surface area contributed by atoms with Gasteiger partial charge in [-0.15, -0.1) is 0 Å². The zero-order valence-electron chi connectivity index (χ0n) is 14.1. The highest BCUT2D eigenvalue weighted by molar-refractivity contribution is 9.10. The van der Waals surface area contributed by atoms with Crippen LogP contribution in [0.4, 0.5) is 5.69 Å². The molecule has 0 spiro atoms. The van der Waals surface area contributed by atoms with Crippen LogP contribution in [0.2, 0.25) is 0 Å². The molecule has 0 saturated heterocycles. The van der Waals surface area contributed by atoms with Gasteiger partial charge in [0, 0.05) is 16.1 Å². The third-order valence-corrected chi connectivity index (χ3v) is 5.73. The number of benzene rings is 2. The molecule has 0 atom stereocenters. The fraction of sp³-hybridized carbons (Fsp3) is 0.222. The number of nitrogens with zero attached hydrogens (tertiary/aromatic N) is 1. The van der Waals surface area contributed by atoms with E-state index in [1.807, 2.05) is 0 Å². The lowest BCUT2D eigenvalue weighted by atomic mass is 10.1. The zero-order chi connectivity index (χ0) is 18.7. The molecule has 2 aromatic carbocycles. The molecule has 0 aromatic heterocycles. The Kier molecular flexibility index (Phi) is 5.43. The molecule has 0 aliphatic heterocycles. The average Bonchev–Trinajstić information content (AvgIpc) is 3.46. The maximum Gasteiger partial charge on any atom is 0.276 e. The number of hydrazone groups is 1. The number of rotatable bonds is 6. The van der Waals surface area contributed by atoms with Crippen molar-refractivity contribution in [2.24, 2.45) is 11.0 Å². The number of anilines is 1. The number of carbonyl (C=O) groups is 1. The molecule has 0 unspecified atom stereocenters. The second-order valence-electron chi connectivity index (χ2n) is 6.09. The first-order valence-electron chi connectivity index (χ1n) is 8.08. The molecule has 0 radical (unpaired) electrons. The monoisotopic (exact) mass is 435 g/mol. The number of carbonyl (C=O) groups excluding carboxylic acids is 1. The van der Waals surface area contributed by atoms with Gasteiger partial charge in [-0.3, -0.25) is 4.79 Å². The minimum absolute atomic E-state index is 0.0467. The lowest BCUT2D eigenvalue weighted by Gasteiger charge is -2.07. The van der Waals surface area contributed by atoms with Crippen LogP contribution in [0.3, 0.4) is 0 Å². The molecule has 1 fully saturated rings.